The second-order valence-corrected chi connectivity index (χ2v) is 8.26. The zero-order valence-corrected chi connectivity index (χ0v) is 16.3. The number of thioether (sulfide) groups is 1. The van der Waals surface area contributed by atoms with E-state index in [-0.39, 0.29) is 11.6 Å². The van der Waals surface area contributed by atoms with Crippen LogP contribution in [-0.2, 0) is 5.75 Å². The van der Waals surface area contributed by atoms with Gasteiger partial charge in [0.2, 0.25) is 0 Å². The minimum atomic E-state index is -0.413. The minimum absolute atomic E-state index is 0.0205. The van der Waals surface area contributed by atoms with Crippen LogP contribution in [0.2, 0.25) is 0 Å². The number of hydrogen-bond acceptors (Lipinski definition) is 5. The Hall–Kier alpha value is -2.41. The molecule has 7 heteroatoms. The highest BCUT2D eigenvalue weighted by Gasteiger charge is 2.27. The number of hydrogen-bond donors (Lipinski definition) is 0. The van der Waals surface area contributed by atoms with Gasteiger partial charge < -0.3 is 4.90 Å². The lowest BCUT2D eigenvalue weighted by Gasteiger charge is -2.35. The van der Waals surface area contributed by atoms with E-state index in [1.807, 2.05) is 17.0 Å². The van der Waals surface area contributed by atoms with E-state index < -0.39 is 4.92 Å². The number of nitrogens with zero attached hydrogens (tertiary/aromatic N) is 3. The number of nitro groups is 1. The number of likely N-dealkylation sites (tertiary alicyclic amines) is 1. The summed E-state index contributed by atoms with van der Waals surface area (Å²) < 4.78 is 0. The Morgan fingerprint density at radius 2 is 2.04 bits per heavy atom. The summed E-state index contributed by atoms with van der Waals surface area (Å²) in [6.45, 7) is 5.68. The van der Waals surface area contributed by atoms with Gasteiger partial charge in [-0.1, -0.05) is 19.9 Å². The van der Waals surface area contributed by atoms with E-state index in [1.165, 1.54) is 17.8 Å². The average Bonchev–Trinajstić information content (AvgIpc) is 2.65. The number of rotatable bonds is 5. The van der Waals surface area contributed by atoms with Gasteiger partial charge in [0.05, 0.1) is 9.82 Å². The number of piperidine rings is 1. The highest BCUT2D eigenvalue weighted by atomic mass is 32.2. The van der Waals surface area contributed by atoms with Crippen LogP contribution in [0.5, 0.6) is 0 Å². The molecule has 1 aromatic heterocycles. The second-order valence-electron chi connectivity index (χ2n) is 7.25. The third-order valence-electron chi connectivity index (χ3n) is 4.68. The van der Waals surface area contributed by atoms with Gasteiger partial charge in [0.25, 0.3) is 11.6 Å². The molecule has 0 N–H and O–H groups in total. The molecule has 0 radical (unpaired) electrons. The van der Waals surface area contributed by atoms with Crippen LogP contribution in [0, 0.1) is 22.0 Å². The maximum absolute atomic E-state index is 12.8. The van der Waals surface area contributed by atoms with E-state index in [9.17, 15) is 14.9 Å². The molecule has 1 aromatic carbocycles. The van der Waals surface area contributed by atoms with Gasteiger partial charge in [-0.25, -0.2) is 0 Å². The van der Waals surface area contributed by atoms with Crippen molar-refractivity contribution in [3.8, 4) is 0 Å². The summed E-state index contributed by atoms with van der Waals surface area (Å²) in [5.41, 5.74) is 1.36. The summed E-state index contributed by atoms with van der Waals surface area (Å²) >= 11 is 1.38. The normalized spacial score (nSPS) is 19.7. The molecule has 1 saturated heterocycles. The minimum Gasteiger partial charge on any atom is -0.338 e. The topological polar surface area (TPSA) is 76.3 Å². The summed E-state index contributed by atoms with van der Waals surface area (Å²) in [5.74, 6) is 1.35. The average molecular weight is 385 g/mol. The lowest BCUT2D eigenvalue weighted by molar-refractivity contribution is -0.387. The number of carbonyl (C=O) groups is 1. The molecule has 2 unspecified atom stereocenters. The molecule has 3 rings (SSSR count). The molecular formula is C20H23N3O3S. The third-order valence-corrected chi connectivity index (χ3v) is 5.81. The molecular weight excluding hydrogens is 362 g/mol. The molecule has 1 aliphatic rings. The zero-order valence-electron chi connectivity index (χ0n) is 15.5. The highest BCUT2D eigenvalue weighted by molar-refractivity contribution is 7.98. The van der Waals surface area contributed by atoms with E-state index in [1.54, 1.807) is 24.5 Å². The first kappa shape index (κ1) is 19.4. The number of pyridine rings is 1. The molecule has 142 valence electrons. The fraction of sp³-hybridized carbons (Fsp3) is 0.400. The summed E-state index contributed by atoms with van der Waals surface area (Å²) in [4.78, 5) is 30.4. The van der Waals surface area contributed by atoms with Crippen molar-refractivity contribution in [2.75, 3.05) is 13.1 Å². The summed E-state index contributed by atoms with van der Waals surface area (Å²) in [6.07, 6.45) is 4.54. The summed E-state index contributed by atoms with van der Waals surface area (Å²) in [5, 5.41) is 11.5. The lowest BCUT2D eigenvalue weighted by Crippen LogP contribution is -2.42. The van der Waals surface area contributed by atoms with Crippen LogP contribution in [0.25, 0.3) is 0 Å². The number of amides is 1. The van der Waals surface area contributed by atoms with E-state index in [4.69, 9.17) is 0 Å². The standard InChI is InChI=1S/C20H23N3O3S/c1-14-8-15(2)12-22(11-14)20(24)17-5-6-19(18(9-17)23(25)26)27-13-16-4-3-7-21-10-16/h3-7,9-10,14-15H,8,11-13H2,1-2H3. The molecule has 2 aromatic rings. The molecule has 0 aliphatic carbocycles. The molecule has 1 amide bonds. The highest BCUT2D eigenvalue weighted by Crippen LogP contribution is 2.33. The molecule has 0 saturated carbocycles. The van der Waals surface area contributed by atoms with Crippen molar-refractivity contribution in [1.29, 1.82) is 0 Å². The van der Waals surface area contributed by atoms with Gasteiger partial charge in [0.15, 0.2) is 0 Å². The first-order valence-electron chi connectivity index (χ1n) is 9.03. The van der Waals surface area contributed by atoms with Gasteiger partial charge in [0.1, 0.15) is 0 Å². The van der Waals surface area contributed by atoms with E-state index in [0.29, 0.717) is 41.1 Å². The number of carbonyl (C=O) groups excluding carboxylic acids is 1. The van der Waals surface area contributed by atoms with Crippen molar-refractivity contribution in [3.63, 3.8) is 0 Å². The lowest BCUT2D eigenvalue weighted by atomic mass is 9.91. The van der Waals surface area contributed by atoms with Gasteiger partial charge in [-0.05, 0) is 42.0 Å². The number of nitro benzene ring substituents is 1. The van der Waals surface area contributed by atoms with Gasteiger partial charge in [-0.15, -0.1) is 11.8 Å². The van der Waals surface area contributed by atoms with Gasteiger partial charge in [-0.3, -0.25) is 19.9 Å². The van der Waals surface area contributed by atoms with Gasteiger partial charge in [0, 0.05) is 42.9 Å². The fourth-order valence-electron chi connectivity index (χ4n) is 3.57. The van der Waals surface area contributed by atoms with Crippen molar-refractivity contribution in [2.24, 2.45) is 11.8 Å². The third kappa shape index (κ3) is 4.86. The predicted octanol–water partition coefficient (Wildman–Crippen LogP) is 4.40. The molecule has 6 nitrogen and oxygen atoms in total. The van der Waals surface area contributed by atoms with Crippen molar-refractivity contribution in [3.05, 3.63) is 64.0 Å². The Morgan fingerprint density at radius 1 is 1.30 bits per heavy atom. The Kier molecular flexibility index (Phi) is 6.11. The van der Waals surface area contributed by atoms with Crippen LogP contribution in [0.1, 0.15) is 36.2 Å². The molecule has 1 aliphatic heterocycles. The first-order chi connectivity index (χ1) is 12.9. The molecule has 2 atom stereocenters. The Balaban J connectivity index is 1.78. The summed E-state index contributed by atoms with van der Waals surface area (Å²) in [7, 11) is 0. The van der Waals surface area contributed by atoms with Crippen LogP contribution in [0.3, 0.4) is 0 Å². The van der Waals surface area contributed by atoms with Crippen molar-refractivity contribution >= 4 is 23.4 Å². The molecule has 0 spiro atoms. The van der Waals surface area contributed by atoms with Crippen molar-refractivity contribution in [1.82, 2.24) is 9.88 Å². The summed E-state index contributed by atoms with van der Waals surface area (Å²) in [6, 6.07) is 8.57. The predicted molar refractivity (Wildman–Crippen MR) is 106 cm³/mol. The molecule has 1 fully saturated rings. The molecule has 27 heavy (non-hydrogen) atoms. The largest absolute Gasteiger partial charge is 0.338 e. The maximum atomic E-state index is 12.8. The van der Waals surface area contributed by atoms with Gasteiger partial charge in [-0.2, -0.15) is 0 Å². The van der Waals surface area contributed by atoms with Crippen LogP contribution in [-0.4, -0.2) is 33.8 Å². The zero-order chi connectivity index (χ0) is 19.4. The Labute approximate surface area is 163 Å². The quantitative estimate of drug-likeness (QED) is 0.433. The van der Waals surface area contributed by atoms with E-state index >= 15 is 0 Å². The SMILES string of the molecule is CC1CC(C)CN(C(=O)c2ccc(SCc3cccnc3)c([N+](=O)[O-])c2)C1. The molecule has 2 heterocycles. The van der Waals surface area contributed by atoms with Crippen LogP contribution < -0.4 is 0 Å². The maximum Gasteiger partial charge on any atom is 0.283 e. The number of benzene rings is 1. The second kappa shape index (κ2) is 8.52. The van der Waals surface area contributed by atoms with Crippen molar-refractivity contribution < 1.29 is 9.72 Å². The van der Waals surface area contributed by atoms with E-state index in [2.05, 4.69) is 18.8 Å². The number of aromatic nitrogens is 1. The Morgan fingerprint density at radius 3 is 2.67 bits per heavy atom. The smallest absolute Gasteiger partial charge is 0.283 e. The van der Waals surface area contributed by atoms with Crippen molar-refractivity contribution in [2.45, 2.75) is 30.9 Å². The monoisotopic (exact) mass is 385 g/mol. The first-order valence-corrected chi connectivity index (χ1v) is 10.0. The van der Waals surface area contributed by atoms with Crippen LogP contribution >= 0.6 is 11.8 Å². The molecule has 0 bridgehead atoms. The van der Waals surface area contributed by atoms with Gasteiger partial charge >= 0.3 is 0 Å². The fourth-order valence-corrected chi connectivity index (χ4v) is 4.51. The van der Waals surface area contributed by atoms with Crippen LogP contribution in [0.4, 0.5) is 5.69 Å². The van der Waals surface area contributed by atoms with Crippen LogP contribution in [0.15, 0.2) is 47.6 Å². The van der Waals surface area contributed by atoms with E-state index in [0.717, 1.165) is 12.0 Å². The Bertz CT molecular complexity index is 818.